The van der Waals surface area contributed by atoms with Crippen LogP contribution in [-0.4, -0.2) is 44.7 Å². The van der Waals surface area contributed by atoms with Gasteiger partial charge < -0.3 is 21.1 Å². The number of ether oxygens (including phenoxy) is 1. The summed E-state index contributed by atoms with van der Waals surface area (Å²) in [7, 11) is 0. The first-order valence-corrected chi connectivity index (χ1v) is 7.57. The Balaban J connectivity index is 0.00000264. The van der Waals surface area contributed by atoms with Crippen molar-refractivity contribution < 1.29 is 14.3 Å². The van der Waals surface area contributed by atoms with Crippen molar-refractivity contribution in [2.75, 3.05) is 32.8 Å². The summed E-state index contributed by atoms with van der Waals surface area (Å²) in [6.45, 7) is 2.22. The zero-order valence-electron chi connectivity index (χ0n) is 13.0. The van der Waals surface area contributed by atoms with Gasteiger partial charge in [-0.1, -0.05) is 18.2 Å². The van der Waals surface area contributed by atoms with Gasteiger partial charge in [0, 0.05) is 38.4 Å². The largest absolute Gasteiger partial charge is 0.381 e. The third-order valence-corrected chi connectivity index (χ3v) is 4.05. The summed E-state index contributed by atoms with van der Waals surface area (Å²) in [6.07, 6.45) is 1.29. The molecule has 128 valence electrons. The van der Waals surface area contributed by atoms with Crippen LogP contribution in [0.4, 0.5) is 0 Å². The van der Waals surface area contributed by atoms with Crippen molar-refractivity contribution in [1.82, 2.24) is 10.6 Å². The lowest BCUT2D eigenvalue weighted by Crippen LogP contribution is -2.50. The smallest absolute Gasteiger partial charge is 0.251 e. The molecule has 0 unspecified atom stereocenters. The normalized spacial score (nSPS) is 16.0. The number of benzene rings is 1. The van der Waals surface area contributed by atoms with E-state index >= 15 is 0 Å². The molecule has 1 aromatic carbocycles. The summed E-state index contributed by atoms with van der Waals surface area (Å²) < 4.78 is 5.29. The third kappa shape index (κ3) is 5.20. The van der Waals surface area contributed by atoms with Gasteiger partial charge in [0.2, 0.25) is 5.91 Å². The van der Waals surface area contributed by atoms with E-state index in [0.29, 0.717) is 51.3 Å². The number of hydrogen-bond donors (Lipinski definition) is 3. The maximum Gasteiger partial charge on any atom is 0.251 e. The molecule has 23 heavy (non-hydrogen) atoms. The molecule has 0 aromatic heterocycles. The van der Waals surface area contributed by atoms with Gasteiger partial charge in [0.25, 0.3) is 5.91 Å². The number of rotatable bonds is 6. The Morgan fingerprint density at radius 3 is 2.30 bits per heavy atom. The minimum Gasteiger partial charge on any atom is -0.381 e. The number of nitrogens with two attached hydrogens (primary N) is 1. The third-order valence-electron chi connectivity index (χ3n) is 4.05. The first-order chi connectivity index (χ1) is 10.7. The fourth-order valence-corrected chi connectivity index (χ4v) is 2.52. The molecule has 2 rings (SSSR count). The van der Waals surface area contributed by atoms with Crippen molar-refractivity contribution in [1.29, 1.82) is 0 Å². The molecule has 1 heterocycles. The Bertz CT molecular complexity index is 505. The molecule has 0 aliphatic carbocycles. The standard InChI is InChI=1S/C16H23N3O3.ClH/c17-12-16(6-10-22-11-7-16)15(21)19-9-8-18-14(20)13-4-2-1-3-5-13;/h1-5H,6-12,17H2,(H,18,20)(H,19,21);1H. The fraction of sp³-hybridized carbons (Fsp3) is 0.500. The van der Waals surface area contributed by atoms with E-state index in [4.69, 9.17) is 10.5 Å². The molecule has 0 atom stereocenters. The Morgan fingerprint density at radius 1 is 1.09 bits per heavy atom. The van der Waals surface area contributed by atoms with E-state index in [2.05, 4.69) is 10.6 Å². The summed E-state index contributed by atoms with van der Waals surface area (Å²) in [5, 5.41) is 5.64. The van der Waals surface area contributed by atoms with Crippen molar-refractivity contribution in [3.63, 3.8) is 0 Å². The van der Waals surface area contributed by atoms with Crippen LogP contribution in [-0.2, 0) is 9.53 Å². The van der Waals surface area contributed by atoms with Gasteiger partial charge in [-0.2, -0.15) is 0 Å². The molecule has 4 N–H and O–H groups in total. The molecule has 1 aliphatic rings. The molecule has 0 saturated carbocycles. The van der Waals surface area contributed by atoms with Crippen LogP contribution in [0.2, 0.25) is 0 Å². The predicted molar refractivity (Wildman–Crippen MR) is 90.6 cm³/mol. The van der Waals surface area contributed by atoms with Gasteiger partial charge in [-0.3, -0.25) is 9.59 Å². The quantitative estimate of drug-likeness (QED) is 0.664. The van der Waals surface area contributed by atoms with Gasteiger partial charge >= 0.3 is 0 Å². The molecule has 1 saturated heterocycles. The molecule has 0 bridgehead atoms. The van der Waals surface area contributed by atoms with Gasteiger partial charge in [-0.25, -0.2) is 0 Å². The van der Waals surface area contributed by atoms with Crippen LogP contribution in [0.1, 0.15) is 23.2 Å². The number of amides is 2. The highest BCUT2D eigenvalue weighted by molar-refractivity contribution is 5.94. The van der Waals surface area contributed by atoms with Crippen LogP contribution < -0.4 is 16.4 Å². The van der Waals surface area contributed by atoms with E-state index in [1.54, 1.807) is 12.1 Å². The van der Waals surface area contributed by atoms with Gasteiger partial charge in [0.15, 0.2) is 0 Å². The van der Waals surface area contributed by atoms with Crippen molar-refractivity contribution in [3.8, 4) is 0 Å². The highest BCUT2D eigenvalue weighted by Gasteiger charge is 2.38. The average molecular weight is 342 g/mol. The van der Waals surface area contributed by atoms with Gasteiger partial charge in [-0.05, 0) is 25.0 Å². The highest BCUT2D eigenvalue weighted by Crippen LogP contribution is 2.29. The molecule has 1 aromatic rings. The van der Waals surface area contributed by atoms with Crippen LogP contribution in [0, 0.1) is 5.41 Å². The molecule has 0 radical (unpaired) electrons. The predicted octanol–water partition coefficient (Wildman–Crippen LogP) is 0.710. The maximum atomic E-state index is 12.3. The number of halogens is 1. The first-order valence-electron chi connectivity index (χ1n) is 7.57. The molecular weight excluding hydrogens is 318 g/mol. The minimum atomic E-state index is -0.526. The van der Waals surface area contributed by atoms with Crippen LogP contribution in [0.25, 0.3) is 0 Å². The summed E-state index contributed by atoms with van der Waals surface area (Å²) in [5.41, 5.74) is 5.86. The summed E-state index contributed by atoms with van der Waals surface area (Å²) in [6, 6.07) is 8.98. The van der Waals surface area contributed by atoms with Crippen molar-refractivity contribution in [2.24, 2.45) is 11.1 Å². The lowest BCUT2D eigenvalue weighted by atomic mass is 9.79. The molecule has 2 amide bonds. The summed E-state index contributed by atoms with van der Waals surface area (Å²) in [4.78, 5) is 24.2. The number of carbonyl (C=O) groups is 2. The zero-order chi connectivity index (χ0) is 15.8. The van der Waals surface area contributed by atoms with Crippen LogP contribution >= 0.6 is 12.4 Å². The van der Waals surface area contributed by atoms with Crippen LogP contribution in [0.3, 0.4) is 0 Å². The van der Waals surface area contributed by atoms with E-state index in [-0.39, 0.29) is 24.2 Å². The number of carbonyl (C=O) groups excluding carboxylic acids is 2. The monoisotopic (exact) mass is 341 g/mol. The summed E-state index contributed by atoms with van der Waals surface area (Å²) >= 11 is 0. The molecule has 7 heteroatoms. The maximum absolute atomic E-state index is 12.3. The second kappa shape index (κ2) is 9.50. The minimum absolute atomic E-state index is 0. The topological polar surface area (TPSA) is 93.5 Å². The number of hydrogen-bond acceptors (Lipinski definition) is 4. The van der Waals surface area contributed by atoms with Crippen LogP contribution in [0.5, 0.6) is 0 Å². The van der Waals surface area contributed by atoms with E-state index in [0.717, 1.165) is 0 Å². The zero-order valence-corrected chi connectivity index (χ0v) is 13.9. The molecular formula is C16H24ClN3O3. The lowest BCUT2D eigenvalue weighted by molar-refractivity contribution is -0.135. The van der Waals surface area contributed by atoms with Gasteiger partial charge in [0.1, 0.15) is 0 Å². The van der Waals surface area contributed by atoms with Crippen LogP contribution in [0.15, 0.2) is 30.3 Å². The Labute approximate surface area is 142 Å². The fourth-order valence-electron chi connectivity index (χ4n) is 2.52. The van der Waals surface area contributed by atoms with Crippen molar-refractivity contribution in [2.45, 2.75) is 12.8 Å². The van der Waals surface area contributed by atoms with Gasteiger partial charge in [-0.15, -0.1) is 12.4 Å². The lowest BCUT2D eigenvalue weighted by Gasteiger charge is -2.34. The molecule has 1 fully saturated rings. The first kappa shape index (κ1) is 19.4. The molecule has 6 nitrogen and oxygen atoms in total. The second-order valence-corrected chi connectivity index (χ2v) is 5.47. The van der Waals surface area contributed by atoms with E-state index < -0.39 is 5.41 Å². The van der Waals surface area contributed by atoms with E-state index in [1.165, 1.54) is 0 Å². The Morgan fingerprint density at radius 2 is 1.70 bits per heavy atom. The Hall–Kier alpha value is -1.63. The highest BCUT2D eigenvalue weighted by atomic mass is 35.5. The van der Waals surface area contributed by atoms with Crippen molar-refractivity contribution in [3.05, 3.63) is 35.9 Å². The van der Waals surface area contributed by atoms with Crippen molar-refractivity contribution >= 4 is 24.2 Å². The summed E-state index contributed by atoms with van der Waals surface area (Å²) in [5.74, 6) is -0.193. The molecule has 1 aliphatic heterocycles. The van der Waals surface area contributed by atoms with E-state index in [1.807, 2.05) is 18.2 Å². The molecule has 0 spiro atoms. The second-order valence-electron chi connectivity index (χ2n) is 5.47. The SMILES string of the molecule is Cl.NCC1(C(=O)NCCNC(=O)c2ccccc2)CCOCC1. The van der Waals surface area contributed by atoms with Gasteiger partial charge in [0.05, 0.1) is 5.41 Å². The Kier molecular flexibility index (Phi) is 8.02. The van der Waals surface area contributed by atoms with E-state index in [9.17, 15) is 9.59 Å². The number of nitrogens with one attached hydrogen (secondary N) is 2. The average Bonchev–Trinajstić information content (AvgIpc) is 2.59.